The maximum absolute atomic E-state index is 13.0. The fourth-order valence-electron chi connectivity index (χ4n) is 3.37. The largest absolute Gasteiger partial charge is 0.413 e. The van der Waals surface area contributed by atoms with Gasteiger partial charge in [-0.2, -0.15) is 0 Å². The van der Waals surface area contributed by atoms with Gasteiger partial charge in [0.25, 0.3) is 0 Å². The van der Waals surface area contributed by atoms with Crippen molar-refractivity contribution in [1.29, 1.82) is 0 Å². The van der Waals surface area contributed by atoms with E-state index in [1.165, 1.54) is 0 Å². The van der Waals surface area contributed by atoms with Crippen LogP contribution in [0.2, 0.25) is 18.1 Å². The molecule has 0 saturated carbocycles. The summed E-state index contributed by atoms with van der Waals surface area (Å²) in [5.74, 6) is 2.75. The number of hydrogen-bond acceptors (Lipinski definition) is 2. The number of amides is 1. The molecule has 1 unspecified atom stereocenters. The van der Waals surface area contributed by atoms with Crippen LogP contribution in [0, 0.1) is 18.3 Å². The van der Waals surface area contributed by atoms with E-state index < -0.39 is 8.32 Å². The van der Waals surface area contributed by atoms with Crippen molar-refractivity contribution in [3.63, 3.8) is 0 Å². The van der Waals surface area contributed by atoms with Gasteiger partial charge in [-0.15, -0.1) is 6.42 Å². The van der Waals surface area contributed by atoms with Gasteiger partial charge >= 0.3 is 0 Å². The minimum atomic E-state index is -1.96. The van der Waals surface area contributed by atoms with Gasteiger partial charge in [0.1, 0.15) is 6.04 Å². The highest BCUT2D eigenvalue weighted by molar-refractivity contribution is 6.74. The van der Waals surface area contributed by atoms with Crippen LogP contribution < -0.4 is 0 Å². The molecule has 1 aromatic carbocycles. The SMILES string of the molecule is C#C[C@@H]1[C@H](C(CC)O[Si](C)(C)C(C)(C)C)C(=O)N1[C@H](C)c1ccccc1. The molecule has 26 heavy (non-hydrogen) atoms. The molecule has 3 nitrogen and oxygen atoms in total. The summed E-state index contributed by atoms with van der Waals surface area (Å²) in [4.78, 5) is 14.9. The van der Waals surface area contributed by atoms with E-state index >= 15 is 0 Å². The number of hydrogen-bond donors (Lipinski definition) is 0. The van der Waals surface area contributed by atoms with Gasteiger partial charge in [0.15, 0.2) is 8.32 Å². The Morgan fingerprint density at radius 3 is 2.31 bits per heavy atom. The Morgan fingerprint density at radius 1 is 1.27 bits per heavy atom. The van der Waals surface area contributed by atoms with Crippen LogP contribution in [0.15, 0.2) is 30.3 Å². The molecule has 4 atom stereocenters. The summed E-state index contributed by atoms with van der Waals surface area (Å²) in [7, 11) is -1.96. The maximum Gasteiger partial charge on any atom is 0.232 e. The highest BCUT2D eigenvalue weighted by Crippen LogP contribution is 2.43. The number of β-lactam (4-membered cyclic amide) rings is 1. The van der Waals surface area contributed by atoms with Crippen LogP contribution in [-0.2, 0) is 9.22 Å². The van der Waals surface area contributed by atoms with Gasteiger partial charge in [-0.1, -0.05) is 63.9 Å². The van der Waals surface area contributed by atoms with E-state index in [1.807, 2.05) is 42.2 Å². The number of likely N-dealkylation sites (tertiary alicyclic amines) is 1. The number of rotatable bonds is 6. The predicted octanol–water partition coefficient (Wildman–Crippen LogP) is 5.01. The van der Waals surface area contributed by atoms with Crippen molar-refractivity contribution < 1.29 is 9.22 Å². The van der Waals surface area contributed by atoms with Crippen LogP contribution in [0.5, 0.6) is 0 Å². The average Bonchev–Trinajstić information content (AvgIpc) is 2.58. The first-order chi connectivity index (χ1) is 12.0. The molecule has 0 radical (unpaired) electrons. The summed E-state index contributed by atoms with van der Waals surface area (Å²) in [5, 5.41) is 0.107. The lowest BCUT2D eigenvalue weighted by Gasteiger charge is -2.52. The number of nitrogens with zero attached hydrogens (tertiary/aromatic N) is 1. The molecule has 1 aliphatic rings. The first-order valence-electron chi connectivity index (χ1n) is 9.56. The molecule has 1 fully saturated rings. The van der Waals surface area contributed by atoms with Crippen molar-refractivity contribution in [1.82, 2.24) is 4.90 Å². The van der Waals surface area contributed by atoms with Gasteiger partial charge in [0, 0.05) is 0 Å². The molecule has 0 aliphatic carbocycles. The summed E-state index contributed by atoms with van der Waals surface area (Å²) in [6.45, 7) is 15.2. The van der Waals surface area contributed by atoms with Crippen molar-refractivity contribution in [2.45, 2.75) is 77.4 Å². The molecule has 0 bridgehead atoms. The van der Waals surface area contributed by atoms with E-state index in [2.05, 4.69) is 46.7 Å². The fraction of sp³-hybridized carbons (Fsp3) is 0.591. The second-order valence-electron chi connectivity index (χ2n) is 8.79. The molecular weight excluding hydrogens is 338 g/mol. The Bertz CT molecular complexity index is 672. The average molecular weight is 372 g/mol. The zero-order valence-corrected chi connectivity index (χ0v) is 18.2. The Morgan fingerprint density at radius 2 is 1.85 bits per heavy atom. The van der Waals surface area contributed by atoms with Crippen LogP contribution in [0.4, 0.5) is 0 Å². The first-order valence-corrected chi connectivity index (χ1v) is 12.5. The van der Waals surface area contributed by atoms with Crippen LogP contribution in [0.25, 0.3) is 0 Å². The monoisotopic (exact) mass is 371 g/mol. The molecule has 142 valence electrons. The minimum Gasteiger partial charge on any atom is -0.413 e. The normalized spacial score (nSPS) is 23.2. The van der Waals surface area contributed by atoms with Crippen LogP contribution >= 0.6 is 0 Å². The molecule has 1 aromatic rings. The second-order valence-corrected chi connectivity index (χ2v) is 13.6. The minimum absolute atomic E-state index is 0.0219. The van der Waals surface area contributed by atoms with Crippen molar-refractivity contribution in [2.75, 3.05) is 0 Å². The molecule has 4 heteroatoms. The van der Waals surface area contributed by atoms with Gasteiger partial charge in [0.2, 0.25) is 5.91 Å². The molecule has 1 amide bonds. The van der Waals surface area contributed by atoms with E-state index in [1.54, 1.807) is 0 Å². The summed E-state index contributed by atoms with van der Waals surface area (Å²) in [6.07, 6.45) is 6.54. The fourth-order valence-corrected chi connectivity index (χ4v) is 4.79. The molecule has 1 saturated heterocycles. The number of terminal acetylenes is 1. The van der Waals surface area contributed by atoms with Gasteiger partial charge in [-0.3, -0.25) is 4.79 Å². The smallest absolute Gasteiger partial charge is 0.232 e. The van der Waals surface area contributed by atoms with Gasteiger partial charge in [-0.05, 0) is 37.0 Å². The summed E-state index contributed by atoms with van der Waals surface area (Å²) >= 11 is 0. The molecule has 2 rings (SSSR count). The predicted molar refractivity (Wildman–Crippen MR) is 110 cm³/mol. The molecule has 0 spiro atoms. The van der Waals surface area contributed by atoms with Crippen LogP contribution in [0.3, 0.4) is 0 Å². The van der Waals surface area contributed by atoms with E-state index in [0.29, 0.717) is 0 Å². The Hall–Kier alpha value is -1.57. The quantitative estimate of drug-likeness (QED) is 0.400. The molecule has 0 aromatic heterocycles. The lowest BCUT2D eigenvalue weighted by molar-refractivity contribution is -0.163. The third-order valence-corrected chi connectivity index (χ3v) is 10.6. The Kier molecular flexibility index (Phi) is 6.05. The lowest BCUT2D eigenvalue weighted by Crippen LogP contribution is -2.65. The van der Waals surface area contributed by atoms with Crippen molar-refractivity contribution in [3.05, 3.63) is 35.9 Å². The third-order valence-electron chi connectivity index (χ3n) is 6.10. The highest BCUT2D eigenvalue weighted by atomic mass is 28.4. The van der Waals surface area contributed by atoms with E-state index in [9.17, 15) is 4.79 Å². The van der Waals surface area contributed by atoms with E-state index in [-0.39, 0.29) is 35.1 Å². The summed E-state index contributed by atoms with van der Waals surface area (Å²) < 4.78 is 6.59. The number of carbonyl (C=O) groups is 1. The molecule has 1 heterocycles. The number of carbonyl (C=O) groups excluding carboxylic acids is 1. The standard InChI is InChI=1S/C22H33NO2Si/c1-9-18-20(19(10-2)25-26(7,8)22(4,5)6)21(24)23(18)16(3)17-14-12-11-13-15-17/h1,11-16,18-20H,10H2,2-8H3/t16-,18-,19?,20-/m1/s1. The molecule has 1 aliphatic heterocycles. The Balaban J connectivity index is 2.20. The number of benzene rings is 1. The van der Waals surface area contributed by atoms with Gasteiger partial charge in [-0.25, -0.2) is 0 Å². The van der Waals surface area contributed by atoms with Crippen LogP contribution in [0.1, 0.15) is 52.6 Å². The van der Waals surface area contributed by atoms with Crippen LogP contribution in [-0.4, -0.2) is 31.3 Å². The zero-order chi connectivity index (χ0) is 19.7. The van der Waals surface area contributed by atoms with Crippen molar-refractivity contribution >= 4 is 14.2 Å². The van der Waals surface area contributed by atoms with Gasteiger partial charge in [0.05, 0.1) is 18.1 Å². The zero-order valence-electron chi connectivity index (χ0n) is 17.2. The third kappa shape index (κ3) is 3.75. The summed E-state index contributed by atoms with van der Waals surface area (Å²) in [5.41, 5.74) is 1.11. The Labute approximate surface area is 160 Å². The van der Waals surface area contributed by atoms with Crippen molar-refractivity contribution in [3.8, 4) is 12.3 Å². The van der Waals surface area contributed by atoms with E-state index in [4.69, 9.17) is 10.8 Å². The second kappa shape index (κ2) is 7.58. The topological polar surface area (TPSA) is 29.5 Å². The van der Waals surface area contributed by atoms with E-state index in [0.717, 1.165) is 12.0 Å². The van der Waals surface area contributed by atoms with Gasteiger partial charge < -0.3 is 9.33 Å². The maximum atomic E-state index is 13.0. The highest BCUT2D eigenvalue weighted by Gasteiger charge is 2.54. The molecular formula is C22H33NO2Si. The van der Waals surface area contributed by atoms with Crippen molar-refractivity contribution in [2.24, 2.45) is 5.92 Å². The summed E-state index contributed by atoms with van der Waals surface area (Å²) in [6, 6.07) is 9.83. The first kappa shape index (κ1) is 20.7. The lowest BCUT2D eigenvalue weighted by atomic mass is 9.80. The molecule has 0 N–H and O–H groups in total.